The molecule has 1 nitrogen and oxygen atoms in total. The van der Waals surface area contributed by atoms with E-state index in [1.807, 2.05) is 30.3 Å². The van der Waals surface area contributed by atoms with Gasteiger partial charge in [0, 0.05) is 15.5 Å². The van der Waals surface area contributed by atoms with Crippen molar-refractivity contribution in [3.63, 3.8) is 0 Å². The van der Waals surface area contributed by atoms with Gasteiger partial charge in [-0.25, -0.2) is 0 Å². The molecule has 0 radical (unpaired) electrons. The maximum atomic E-state index is 6.19. The quantitative estimate of drug-likeness (QED) is 0.798. The average Bonchev–Trinajstić information content (AvgIpc) is 2.79. The van der Waals surface area contributed by atoms with E-state index in [1.165, 1.54) is 15.3 Å². The Kier molecular flexibility index (Phi) is 5.13. The first-order valence-corrected chi connectivity index (χ1v) is 8.05. The molecule has 2 rings (SSSR count). The Morgan fingerprint density at radius 3 is 2.72 bits per heavy atom. The van der Waals surface area contributed by atoms with Crippen LogP contribution in [-0.2, 0) is 0 Å². The van der Waals surface area contributed by atoms with Gasteiger partial charge in [0.05, 0.1) is 11.1 Å². The zero-order valence-electron chi connectivity index (χ0n) is 10.4. The van der Waals surface area contributed by atoms with Crippen LogP contribution in [0.2, 0.25) is 5.02 Å². The molecule has 0 fully saturated rings. The average molecular weight is 298 g/mol. The number of thioether (sulfide) groups is 1. The van der Waals surface area contributed by atoms with Gasteiger partial charge in [0.2, 0.25) is 0 Å². The van der Waals surface area contributed by atoms with Crippen molar-refractivity contribution >= 4 is 34.7 Å². The topological polar surface area (TPSA) is 12.0 Å². The van der Waals surface area contributed by atoms with Crippen molar-refractivity contribution in [3.05, 3.63) is 51.2 Å². The third-order valence-electron chi connectivity index (χ3n) is 2.81. The summed E-state index contributed by atoms with van der Waals surface area (Å²) in [5.41, 5.74) is 1.33. The van der Waals surface area contributed by atoms with E-state index in [0.717, 1.165) is 10.8 Å². The van der Waals surface area contributed by atoms with Crippen molar-refractivity contribution in [1.29, 1.82) is 0 Å². The molecule has 1 aromatic carbocycles. The summed E-state index contributed by atoms with van der Waals surface area (Å²) >= 11 is 9.77. The Balaban J connectivity index is 2.05. The molecule has 0 spiro atoms. The fraction of sp³-hybridized carbons (Fsp3) is 0.286. The van der Waals surface area contributed by atoms with Crippen LogP contribution >= 0.6 is 34.7 Å². The molecule has 1 atom stereocenters. The predicted octanol–water partition coefficient (Wildman–Crippen LogP) is 4.76. The number of rotatable bonds is 5. The largest absolute Gasteiger partial charge is 0.312 e. The molecule has 1 heterocycles. The molecule has 0 aliphatic heterocycles. The van der Waals surface area contributed by atoms with Crippen molar-refractivity contribution in [2.45, 2.75) is 17.9 Å². The monoisotopic (exact) mass is 297 g/mol. The van der Waals surface area contributed by atoms with Crippen LogP contribution in [0.5, 0.6) is 0 Å². The molecular formula is C14H16ClNS2. The van der Waals surface area contributed by atoms with Crippen molar-refractivity contribution in [3.8, 4) is 0 Å². The fourth-order valence-corrected chi connectivity index (χ4v) is 4.29. The Labute approximate surface area is 122 Å². The first-order valence-electron chi connectivity index (χ1n) is 5.81. The van der Waals surface area contributed by atoms with Crippen LogP contribution in [0.25, 0.3) is 0 Å². The lowest BCUT2D eigenvalue weighted by Gasteiger charge is -2.15. The lowest BCUT2D eigenvalue weighted by Crippen LogP contribution is -2.17. The van der Waals surface area contributed by atoms with E-state index >= 15 is 0 Å². The number of aryl methyl sites for hydroxylation is 1. The van der Waals surface area contributed by atoms with E-state index in [9.17, 15) is 0 Å². The van der Waals surface area contributed by atoms with E-state index in [0.29, 0.717) is 6.04 Å². The van der Waals surface area contributed by atoms with E-state index in [2.05, 4.69) is 36.5 Å². The molecule has 1 aromatic heterocycles. The Morgan fingerprint density at radius 1 is 1.33 bits per heavy atom. The summed E-state index contributed by atoms with van der Waals surface area (Å²) in [6.07, 6.45) is 0. The summed E-state index contributed by atoms with van der Waals surface area (Å²) in [4.78, 5) is 2.56. The Bertz CT molecular complexity index is 510. The number of benzene rings is 1. The van der Waals surface area contributed by atoms with Crippen molar-refractivity contribution in [1.82, 2.24) is 5.32 Å². The summed E-state index contributed by atoms with van der Waals surface area (Å²) in [7, 11) is 1.99. The third-order valence-corrected chi connectivity index (χ3v) is 5.55. The smallest absolute Gasteiger partial charge is 0.0561 e. The van der Waals surface area contributed by atoms with Gasteiger partial charge in [-0.15, -0.1) is 23.1 Å². The number of hydrogen-bond donors (Lipinski definition) is 1. The van der Waals surface area contributed by atoms with Gasteiger partial charge >= 0.3 is 0 Å². The molecule has 0 aliphatic carbocycles. The minimum atomic E-state index is 0.308. The van der Waals surface area contributed by atoms with E-state index in [-0.39, 0.29) is 0 Å². The normalized spacial score (nSPS) is 12.6. The minimum absolute atomic E-state index is 0.308. The highest BCUT2D eigenvalue weighted by molar-refractivity contribution is 7.99. The molecule has 1 unspecified atom stereocenters. The molecule has 2 aromatic rings. The van der Waals surface area contributed by atoms with E-state index < -0.39 is 0 Å². The summed E-state index contributed by atoms with van der Waals surface area (Å²) in [6.45, 7) is 2.15. The van der Waals surface area contributed by atoms with Gasteiger partial charge < -0.3 is 5.32 Å². The molecule has 18 heavy (non-hydrogen) atoms. The summed E-state index contributed by atoms with van der Waals surface area (Å²) in [5.74, 6) is 0.988. The summed E-state index contributed by atoms with van der Waals surface area (Å²) in [6, 6.07) is 10.7. The number of halogens is 1. The maximum absolute atomic E-state index is 6.19. The molecule has 0 aliphatic rings. The number of hydrogen-bond acceptors (Lipinski definition) is 3. The van der Waals surface area contributed by atoms with Gasteiger partial charge in [-0.2, -0.15) is 0 Å². The van der Waals surface area contributed by atoms with Gasteiger partial charge in [0.1, 0.15) is 0 Å². The fourth-order valence-electron chi connectivity index (χ4n) is 1.74. The van der Waals surface area contributed by atoms with Crippen LogP contribution in [-0.4, -0.2) is 12.8 Å². The van der Waals surface area contributed by atoms with E-state index in [4.69, 9.17) is 11.6 Å². The zero-order valence-corrected chi connectivity index (χ0v) is 12.8. The Morgan fingerprint density at radius 2 is 2.11 bits per heavy atom. The Hall–Kier alpha value is -0.480. The molecule has 0 saturated heterocycles. The highest BCUT2D eigenvalue weighted by Gasteiger charge is 2.14. The van der Waals surface area contributed by atoms with Crippen LogP contribution < -0.4 is 5.32 Å². The third kappa shape index (κ3) is 3.29. The van der Waals surface area contributed by atoms with Crippen LogP contribution in [0.3, 0.4) is 0 Å². The summed E-state index contributed by atoms with van der Waals surface area (Å²) < 4.78 is 0. The maximum Gasteiger partial charge on any atom is 0.0561 e. The van der Waals surface area contributed by atoms with Crippen molar-refractivity contribution < 1.29 is 0 Å². The minimum Gasteiger partial charge on any atom is -0.312 e. The number of nitrogens with one attached hydrogen (secondary N) is 1. The second kappa shape index (κ2) is 6.62. The first-order chi connectivity index (χ1) is 8.72. The molecule has 96 valence electrons. The molecule has 0 saturated carbocycles. The van der Waals surface area contributed by atoms with Crippen LogP contribution in [0, 0.1) is 6.92 Å². The van der Waals surface area contributed by atoms with Crippen LogP contribution in [0.1, 0.15) is 16.5 Å². The molecule has 0 amide bonds. The summed E-state index contributed by atoms with van der Waals surface area (Å²) in [5, 5.41) is 6.25. The molecule has 1 N–H and O–H groups in total. The van der Waals surface area contributed by atoms with Crippen molar-refractivity contribution in [2.24, 2.45) is 0 Å². The van der Waals surface area contributed by atoms with Crippen LogP contribution in [0.15, 0.2) is 40.6 Å². The van der Waals surface area contributed by atoms with Crippen molar-refractivity contribution in [2.75, 3.05) is 12.8 Å². The van der Waals surface area contributed by atoms with Crippen LogP contribution in [0.4, 0.5) is 0 Å². The lowest BCUT2D eigenvalue weighted by atomic mass is 10.2. The standard InChI is InChI=1S/C14H16ClNS2/c1-10-5-3-4-6-13(10)18-9-12(16-2)14-11(15)7-8-17-14/h3-8,12,16H,9H2,1-2H3. The molecular weight excluding hydrogens is 282 g/mol. The van der Waals surface area contributed by atoms with Gasteiger partial charge in [-0.05, 0) is 37.0 Å². The molecule has 4 heteroatoms. The SMILES string of the molecule is CNC(CSc1ccccc1C)c1sccc1Cl. The van der Waals surface area contributed by atoms with E-state index in [1.54, 1.807) is 11.3 Å². The second-order valence-corrected chi connectivity index (χ2v) is 6.47. The molecule has 0 bridgehead atoms. The predicted molar refractivity (Wildman–Crippen MR) is 83.0 cm³/mol. The van der Waals surface area contributed by atoms with Gasteiger partial charge in [0.15, 0.2) is 0 Å². The van der Waals surface area contributed by atoms with Gasteiger partial charge in [-0.1, -0.05) is 29.8 Å². The zero-order chi connectivity index (χ0) is 13.0. The second-order valence-electron chi connectivity index (χ2n) is 4.05. The number of thiophene rings is 1. The highest BCUT2D eigenvalue weighted by Crippen LogP contribution is 2.33. The first kappa shape index (κ1) is 13.9. The van der Waals surface area contributed by atoms with Gasteiger partial charge in [-0.3, -0.25) is 0 Å². The lowest BCUT2D eigenvalue weighted by molar-refractivity contribution is 0.674. The van der Waals surface area contributed by atoms with Gasteiger partial charge in [0.25, 0.3) is 0 Å². The highest BCUT2D eigenvalue weighted by atomic mass is 35.5.